The molecule has 2 rings (SSSR count). The minimum absolute atomic E-state index is 0.294. The topological polar surface area (TPSA) is 35.5 Å². The molecule has 14 heavy (non-hydrogen) atoms. The van der Waals surface area contributed by atoms with Gasteiger partial charge in [-0.05, 0) is 43.8 Å². The summed E-state index contributed by atoms with van der Waals surface area (Å²) in [6.07, 6.45) is 4.81. The third kappa shape index (κ3) is 2.58. The summed E-state index contributed by atoms with van der Waals surface area (Å²) in [7, 11) is 0. The molecule has 80 valence electrons. The van der Waals surface area contributed by atoms with Crippen molar-refractivity contribution >= 4 is 17.3 Å². The van der Waals surface area contributed by atoms with E-state index in [0.717, 1.165) is 31.0 Å². The van der Waals surface area contributed by atoms with E-state index in [-0.39, 0.29) is 0 Å². The summed E-state index contributed by atoms with van der Waals surface area (Å²) in [4.78, 5) is 2.21. The van der Waals surface area contributed by atoms with Gasteiger partial charge in [0, 0.05) is 25.7 Å². The van der Waals surface area contributed by atoms with Crippen LogP contribution >= 0.6 is 12.2 Å². The van der Waals surface area contributed by atoms with Gasteiger partial charge >= 0.3 is 0 Å². The van der Waals surface area contributed by atoms with Crippen LogP contribution in [-0.4, -0.2) is 40.9 Å². The highest BCUT2D eigenvalue weighted by Gasteiger charge is 2.26. The van der Waals surface area contributed by atoms with Crippen LogP contribution in [0, 0.1) is 5.92 Å². The maximum absolute atomic E-state index is 9.09. The Balaban J connectivity index is 1.79. The molecule has 3 nitrogen and oxygen atoms in total. The standard InChI is InChI=1S/C10H18N2OS/c13-7-8-2-1-5-12(6-8)10(14)11-9-3-4-9/h8-9,13H,1-7H2,(H,11,14)/t8-/m0/s1. The molecule has 1 aliphatic carbocycles. The smallest absolute Gasteiger partial charge is 0.169 e. The van der Waals surface area contributed by atoms with Crippen molar-refractivity contribution in [2.75, 3.05) is 19.7 Å². The number of hydrogen-bond acceptors (Lipinski definition) is 2. The third-order valence-electron chi connectivity index (χ3n) is 2.97. The molecule has 0 aromatic rings. The lowest BCUT2D eigenvalue weighted by molar-refractivity contribution is 0.160. The molecule has 0 aromatic heterocycles. The Morgan fingerprint density at radius 2 is 2.21 bits per heavy atom. The van der Waals surface area contributed by atoms with Gasteiger partial charge in [0.15, 0.2) is 5.11 Å². The van der Waals surface area contributed by atoms with Crippen molar-refractivity contribution in [1.82, 2.24) is 10.2 Å². The summed E-state index contributed by atoms with van der Waals surface area (Å²) >= 11 is 5.32. The minimum atomic E-state index is 0.294. The van der Waals surface area contributed by atoms with Crippen molar-refractivity contribution in [3.63, 3.8) is 0 Å². The van der Waals surface area contributed by atoms with Crippen LogP contribution in [0.2, 0.25) is 0 Å². The van der Waals surface area contributed by atoms with Crippen LogP contribution in [0.25, 0.3) is 0 Å². The van der Waals surface area contributed by atoms with E-state index in [1.807, 2.05) is 0 Å². The number of aliphatic hydroxyl groups is 1. The van der Waals surface area contributed by atoms with E-state index in [0.29, 0.717) is 18.6 Å². The molecule has 1 saturated heterocycles. The van der Waals surface area contributed by atoms with Gasteiger partial charge in [0.25, 0.3) is 0 Å². The summed E-state index contributed by atoms with van der Waals surface area (Å²) in [5.74, 6) is 0.419. The average molecular weight is 214 g/mol. The number of aliphatic hydroxyl groups excluding tert-OH is 1. The lowest BCUT2D eigenvalue weighted by Gasteiger charge is -2.33. The second-order valence-corrected chi connectivity index (χ2v) is 4.75. The van der Waals surface area contributed by atoms with Gasteiger partial charge in [0.1, 0.15) is 0 Å². The predicted molar refractivity (Wildman–Crippen MR) is 60.1 cm³/mol. The number of likely N-dealkylation sites (tertiary alicyclic amines) is 1. The molecule has 1 aliphatic heterocycles. The maximum Gasteiger partial charge on any atom is 0.169 e. The van der Waals surface area contributed by atoms with Gasteiger partial charge in [0.05, 0.1) is 0 Å². The Bertz CT molecular complexity index is 218. The Hall–Kier alpha value is -0.350. The summed E-state index contributed by atoms with van der Waals surface area (Å²) in [6.45, 7) is 2.27. The highest BCUT2D eigenvalue weighted by molar-refractivity contribution is 7.80. The van der Waals surface area contributed by atoms with Crippen molar-refractivity contribution < 1.29 is 5.11 Å². The number of hydrogen-bond donors (Lipinski definition) is 2. The molecule has 0 unspecified atom stereocenters. The van der Waals surface area contributed by atoms with Gasteiger partial charge in [-0.15, -0.1) is 0 Å². The quantitative estimate of drug-likeness (QED) is 0.664. The van der Waals surface area contributed by atoms with E-state index in [2.05, 4.69) is 10.2 Å². The number of rotatable bonds is 2. The zero-order valence-corrected chi connectivity index (χ0v) is 9.22. The molecule has 0 radical (unpaired) electrons. The summed E-state index contributed by atoms with van der Waals surface area (Å²) in [5, 5.41) is 13.3. The van der Waals surface area contributed by atoms with Gasteiger partial charge in [-0.25, -0.2) is 0 Å². The van der Waals surface area contributed by atoms with Gasteiger partial charge in [-0.2, -0.15) is 0 Å². The van der Waals surface area contributed by atoms with Crippen LogP contribution < -0.4 is 5.32 Å². The van der Waals surface area contributed by atoms with Crippen LogP contribution in [0.4, 0.5) is 0 Å². The molecular formula is C10H18N2OS. The highest BCUT2D eigenvalue weighted by atomic mass is 32.1. The average Bonchev–Trinajstić information content (AvgIpc) is 3.02. The predicted octanol–water partition coefficient (Wildman–Crippen LogP) is 0.728. The Morgan fingerprint density at radius 1 is 1.43 bits per heavy atom. The van der Waals surface area contributed by atoms with E-state index in [1.165, 1.54) is 12.8 Å². The second-order valence-electron chi connectivity index (χ2n) is 4.36. The number of nitrogens with zero attached hydrogens (tertiary/aromatic N) is 1. The van der Waals surface area contributed by atoms with E-state index >= 15 is 0 Å². The van der Waals surface area contributed by atoms with Crippen LogP contribution in [0.1, 0.15) is 25.7 Å². The molecular weight excluding hydrogens is 196 g/mol. The van der Waals surface area contributed by atoms with Crippen molar-refractivity contribution in [2.45, 2.75) is 31.7 Å². The third-order valence-corrected chi connectivity index (χ3v) is 3.35. The Kier molecular flexibility index (Phi) is 3.23. The normalized spacial score (nSPS) is 27.5. The van der Waals surface area contributed by atoms with Gasteiger partial charge < -0.3 is 15.3 Å². The van der Waals surface area contributed by atoms with E-state index < -0.39 is 0 Å². The van der Waals surface area contributed by atoms with E-state index in [1.54, 1.807) is 0 Å². The summed E-state index contributed by atoms with van der Waals surface area (Å²) < 4.78 is 0. The Morgan fingerprint density at radius 3 is 2.86 bits per heavy atom. The first-order valence-corrected chi connectivity index (χ1v) is 5.86. The molecule has 0 aromatic carbocycles. The first-order valence-electron chi connectivity index (χ1n) is 5.46. The fraction of sp³-hybridized carbons (Fsp3) is 0.900. The summed E-state index contributed by atoms with van der Waals surface area (Å²) in [5.41, 5.74) is 0. The number of piperidine rings is 1. The lowest BCUT2D eigenvalue weighted by atomic mass is 9.99. The SMILES string of the molecule is OC[C@H]1CCCN(C(=S)NC2CC2)C1. The largest absolute Gasteiger partial charge is 0.396 e. The van der Waals surface area contributed by atoms with E-state index in [9.17, 15) is 0 Å². The van der Waals surface area contributed by atoms with Gasteiger partial charge in [-0.1, -0.05) is 0 Å². The van der Waals surface area contributed by atoms with Crippen LogP contribution in [0.5, 0.6) is 0 Å². The van der Waals surface area contributed by atoms with Crippen molar-refractivity contribution in [1.29, 1.82) is 0 Å². The Labute approximate surface area is 90.5 Å². The van der Waals surface area contributed by atoms with E-state index in [4.69, 9.17) is 17.3 Å². The first kappa shape index (κ1) is 10.2. The second kappa shape index (κ2) is 4.45. The molecule has 0 bridgehead atoms. The molecule has 4 heteroatoms. The van der Waals surface area contributed by atoms with Crippen LogP contribution in [-0.2, 0) is 0 Å². The van der Waals surface area contributed by atoms with Crippen LogP contribution in [0.15, 0.2) is 0 Å². The van der Waals surface area contributed by atoms with Crippen molar-refractivity contribution in [2.24, 2.45) is 5.92 Å². The fourth-order valence-corrected chi connectivity index (χ4v) is 2.22. The zero-order valence-electron chi connectivity index (χ0n) is 8.41. The monoisotopic (exact) mass is 214 g/mol. The number of nitrogens with one attached hydrogen (secondary N) is 1. The zero-order chi connectivity index (χ0) is 9.97. The maximum atomic E-state index is 9.09. The molecule has 0 amide bonds. The molecule has 2 aliphatic rings. The highest BCUT2D eigenvalue weighted by Crippen LogP contribution is 2.21. The lowest BCUT2D eigenvalue weighted by Crippen LogP contribution is -2.46. The fourth-order valence-electron chi connectivity index (χ4n) is 1.89. The van der Waals surface area contributed by atoms with Crippen molar-refractivity contribution in [3.8, 4) is 0 Å². The van der Waals surface area contributed by atoms with Crippen molar-refractivity contribution in [3.05, 3.63) is 0 Å². The molecule has 2 fully saturated rings. The summed E-state index contributed by atoms with van der Waals surface area (Å²) in [6, 6.07) is 0.636. The van der Waals surface area contributed by atoms with Crippen LogP contribution in [0.3, 0.4) is 0 Å². The van der Waals surface area contributed by atoms with Gasteiger partial charge in [-0.3, -0.25) is 0 Å². The molecule has 1 atom stereocenters. The number of thiocarbonyl (C=S) groups is 1. The molecule has 1 heterocycles. The molecule has 0 spiro atoms. The van der Waals surface area contributed by atoms with Gasteiger partial charge in [0.2, 0.25) is 0 Å². The minimum Gasteiger partial charge on any atom is -0.396 e. The first-order chi connectivity index (χ1) is 6.79. The molecule has 2 N–H and O–H groups in total. The molecule has 1 saturated carbocycles.